The molecular weight excluding hydrogens is 845 g/mol. The molecule has 0 saturated heterocycles. The molecule has 0 aliphatic carbocycles. The first-order valence-corrected chi connectivity index (χ1v) is 36.3. The van der Waals surface area contributed by atoms with Crippen LogP contribution in [0, 0.1) is 41.5 Å². The summed E-state index contributed by atoms with van der Waals surface area (Å²) in [5, 5.41) is 0. The lowest BCUT2D eigenvalue weighted by Crippen LogP contribution is -2.40. The van der Waals surface area contributed by atoms with Crippen molar-refractivity contribution in [1.82, 2.24) is 27.6 Å². The molecule has 1 N–H and O–H groups in total. The number of aryl methyl sites for hydroxylation is 6. The standard InChI is InChI=1S/C11H21NSi.2C10H19NSi.C8H11N.C7H9N.C4H5N.C4H12Si.2H2/c1-5-13(6-2,7-3)12-9-8-11(4)10-12;2*1-4-12(5-2,6-3)11-9-7-8-10-11;1-6-4-7(2)9-8(3)5-6;1-6-4-3-5-7(2)8-6;1-2-4-5-3-1;1-5(2,3)4;;/h8-10H,5-7H2,1-4H3;2*7-10H,4-6H2,1-3H3;4-5H,1-3H3;3-5H,1-2H3;1-5H;1-4H3;2*1H. The first kappa shape index (κ1) is 60.3. The number of H-pyrrole nitrogens is 1. The van der Waals surface area contributed by atoms with Gasteiger partial charge in [-0.2, -0.15) is 0 Å². The van der Waals surface area contributed by atoms with Gasteiger partial charge >= 0.3 is 0 Å². The summed E-state index contributed by atoms with van der Waals surface area (Å²) >= 11 is 0. The van der Waals surface area contributed by atoms with Crippen LogP contribution in [0.5, 0.6) is 0 Å². The number of aromatic amines is 1. The van der Waals surface area contributed by atoms with E-state index >= 15 is 0 Å². The van der Waals surface area contributed by atoms with Gasteiger partial charge in [0.15, 0.2) is 24.7 Å². The molecule has 6 nitrogen and oxygen atoms in total. The zero-order valence-corrected chi connectivity index (χ0v) is 48.6. The molecule has 64 heavy (non-hydrogen) atoms. The quantitative estimate of drug-likeness (QED) is 0.124. The second-order valence-corrected chi connectivity index (χ2v) is 40.1. The van der Waals surface area contributed by atoms with Gasteiger partial charge in [-0.3, -0.25) is 9.97 Å². The van der Waals surface area contributed by atoms with Crippen molar-refractivity contribution < 1.29 is 2.85 Å². The van der Waals surface area contributed by atoms with E-state index in [1.807, 2.05) is 70.4 Å². The predicted molar refractivity (Wildman–Crippen MR) is 302 cm³/mol. The van der Waals surface area contributed by atoms with Gasteiger partial charge in [-0.25, -0.2) is 0 Å². The molecule has 0 amide bonds. The van der Waals surface area contributed by atoms with Crippen molar-refractivity contribution in [2.45, 2.75) is 184 Å². The van der Waals surface area contributed by atoms with Crippen LogP contribution in [0.4, 0.5) is 0 Å². The molecule has 0 saturated carbocycles. The second kappa shape index (κ2) is 32.0. The molecule has 10 heteroatoms. The molecule has 0 aliphatic rings. The Labute approximate surface area is 402 Å². The van der Waals surface area contributed by atoms with E-state index in [-0.39, 0.29) is 2.85 Å². The Hall–Kier alpha value is -3.71. The number of pyridine rings is 2. The Morgan fingerprint density at radius 2 is 0.719 bits per heavy atom. The minimum Gasteiger partial charge on any atom is -0.380 e. The molecule has 362 valence electrons. The Balaban J connectivity index is -0.000000714. The van der Waals surface area contributed by atoms with Crippen LogP contribution in [0.2, 0.25) is 80.6 Å². The van der Waals surface area contributed by atoms with Crippen LogP contribution in [0.1, 0.15) is 99.1 Å². The molecular formula is C54H100N6Si4. The predicted octanol–water partition coefficient (Wildman–Crippen LogP) is 17.5. The third-order valence-corrected chi connectivity index (χ3v) is 28.4. The van der Waals surface area contributed by atoms with Gasteiger partial charge < -0.3 is 17.7 Å². The molecule has 6 aromatic rings. The average molecular weight is 946 g/mol. The lowest BCUT2D eigenvalue weighted by atomic mass is 10.2. The van der Waals surface area contributed by atoms with Gasteiger partial charge in [-0.15, -0.1) is 0 Å². The van der Waals surface area contributed by atoms with E-state index in [4.69, 9.17) is 0 Å². The van der Waals surface area contributed by atoms with Crippen LogP contribution in [0.15, 0.2) is 122 Å². The highest BCUT2D eigenvalue weighted by molar-refractivity contribution is 6.79. The van der Waals surface area contributed by atoms with Crippen molar-refractivity contribution >= 4 is 32.8 Å². The molecule has 0 aromatic carbocycles. The maximum absolute atomic E-state index is 4.23. The molecule has 0 atom stereocenters. The minimum absolute atomic E-state index is 0. The number of hydrogen-bond acceptors (Lipinski definition) is 2. The summed E-state index contributed by atoms with van der Waals surface area (Å²) in [7, 11) is -4.02. The number of rotatable bonds is 12. The van der Waals surface area contributed by atoms with Crippen molar-refractivity contribution in [1.29, 1.82) is 0 Å². The van der Waals surface area contributed by atoms with Crippen LogP contribution in [-0.2, 0) is 0 Å². The Morgan fingerprint density at radius 3 is 0.938 bits per heavy atom. The van der Waals surface area contributed by atoms with Gasteiger partial charge in [-0.1, -0.05) is 94.6 Å². The fourth-order valence-corrected chi connectivity index (χ4v) is 18.3. The maximum Gasteiger partial charge on any atom is 0.160 e. The molecule has 0 radical (unpaired) electrons. The molecule has 6 heterocycles. The molecule has 6 rings (SSSR count). The highest BCUT2D eigenvalue weighted by atomic mass is 28.3. The summed E-state index contributed by atoms with van der Waals surface area (Å²) < 4.78 is 7.52. The molecule has 0 bridgehead atoms. The monoisotopic (exact) mass is 945 g/mol. The van der Waals surface area contributed by atoms with Crippen LogP contribution < -0.4 is 0 Å². The highest BCUT2D eigenvalue weighted by Gasteiger charge is 2.30. The van der Waals surface area contributed by atoms with Gasteiger partial charge in [0, 0.05) is 46.1 Å². The summed E-state index contributed by atoms with van der Waals surface area (Å²) in [6.07, 6.45) is 17.3. The lowest BCUT2D eigenvalue weighted by molar-refractivity contribution is 1.01. The Bertz CT molecular complexity index is 1810. The van der Waals surface area contributed by atoms with Crippen molar-refractivity contribution in [3.8, 4) is 0 Å². The van der Waals surface area contributed by atoms with Gasteiger partial charge in [0.2, 0.25) is 0 Å². The number of hydrogen-bond donors (Lipinski definition) is 1. The molecule has 0 aliphatic heterocycles. The smallest absolute Gasteiger partial charge is 0.160 e. The fourth-order valence-electron chi connectivity index (χ4n) is 7.99. The van der Waals surface area contributed by atoms with Crippen molar-refractivity contribution in [2.75, 3.05) is 0 Å². The first-order valence-electron chi connectivity index (χ1n) is 24.5. The van der Waals surface area contributed by atoms with E-state index in [1.54, 1.807) is 0 Å². The summed E-state index contributed by atoms with van der Waals surface area (Å²) in [6.45, 7) is 42.6. The zero-order valence-electron chi connectivity index (χ0n) is 44.6. The van der Waals surface area contributed by atoms with E-state index in [2.05, 4.69) is 210 Å². The largest absolute Gasteiger partial charge is 0.380 e. The van der Waals surface area contributed by atoms with Gasteiger partial charge in [0.05, 0.1) is 0 Å². The average Bonchev–Trinajstić information content (AvgIpc) is 4.11. The fraction of sp³-hybridized carbons (Fsp3) is 0.519. The van der Waals surface area contributed by atoms with Crippen molar-refractivity contribution in [3.63, 3.8) is 0 Å². The Kier molecular flexibility index (Phi) is 30.2. The molecule has 0 spiro atoms. The number of nitrogens with zero attached hydrogens (tertiary/aromatic N) is 5. The molecule has 6 aromatic heterocycles. The third-order valence-electron chi connectivity index (χ3n) is 12.4. The van der Waals surface area contributed by atoms with Gasteiger partial charge in [-0.05, 0) is 211 Å². The van der Waals surface area contributed by atoms with Crippen LogP contribution >= 0.6 is 0 Å². The zero-order chi connectivity index (χ0) is 48.8. The molecule has 0 fully saturated rings. The van der Waals surface area contributed by atoms with Crippen LogP contribution in [0.3, 0.4) is 0 Å². The topological polar surface area (TPSA) is 56.4 Å². The summed E-state index contributed by atoms with van der Waals surface area (Å²) in [4.78, 5) is 11.3. The second-order valence-electron chi connectivity index (χ2n) is 18.9. The highest BCUT2D eigenvalue weighted by Crippen LogP contribution is 2.24. The van der Waals surface area contributed by atoms with E-state index in [9.17, 15) is 0 Å². The first-order chi connectivity index (χ1) is 30.2. The van der Waals surface area contributed by atoms with E-state index < -0.39 is 32.8 Å². The number of aromatic nitrogens is 6. The number of nitrogens with one attached hydrogen (secondary N) is 1. The summed E-state index contributed by atoms with van der Waals surface area (Å²) in [6, 6.07) is 37.0. The maximum atomic E-state index is 4.23. The van der Waals surface area contributed by atoms with E-state index in [1.165, 1.54) is 65.5 Å². The van der Waals surface area contributed by atoms with E-state index in [0.717, 1.165) is 22.8 Å². The van der Waals surface area contributed by atoms with Crippen molar-refractivity contribution in [3.05, 3.63) is 156 Å². The van der Waals surface area contributed by atoms with Gasteiger partial charge in [0.1, 0.15) is 0 Å². The SMILES string of the molecule is CC[Si](CC)(CC)n1ccc(C)c1.CC[Si](CC)(CC)n1cccc1.CC[Si](CC)(CC)n1cccc1.C[Si](C)(C)C.Cc1cc(C)nc(C)c1.Cc1cccc(C)n1.[HH].[HH].c1cc[nH]c1. The van der Waals surface area contributed by atoms with Crippen molar-refractivity contribution in [2.24, 2.45) is 0 Å². The van der Waals surface area contributed by atoms with E-state index in [0.29, 0.717) is 0 Å². The Morgan fingerprint density at radius 1 is 0.406 bits per heavy atom. The molecule has 0 unspecified atom stereocenters. The van der Waals surface area contributed by atoms with Crippen LogP contribution in [-0.4, -0.2) is 60.4 Å². The lowest BCUT2D eigenvalue weighted by Gasteiger charge is -2.29. The summed E-state index contributed by atoms with van der Waals surface area (Å²) in [5.74, 6) is 0. The third kappa shape index (κ3) is 23.0. The normalized spacial score (nSPS) is 11.0. The summed E-state index contributed by atoms with van der Waals surface area (Å²) in [5.41, 5.74) is 7.07. The minimum atomic E-state index is -1.16. The van der Waals surface area contributed by atoms with Crippen LogP contribution in [0.25, 0.3) is 0 Å². The van der Waals surface area contributed by atoms with Gasteiger partial charge in [0.25, 0.3) is 0 Å².